The minimum absolute atomic E-state index is 0.352. The highest BCUT2D eigenvalue weighted by Gasteiger charge is 2.12. The highest BCUT2D eigenvalue weighted by atomic mass is 15.0. The van der Waals surface area contributed by atoms with Crippen LogP contribution in [0.25, 0.3) is 0 Å². The third kappa shape index (κ3) is 1.80. The standard InChI is InChI=1S/C9H17N3/c1-6-4-7(2)12-9(10)8(6)5-11-3/h4,7,11-12H,5,10H2,1-3H3. The van der Waals surface area contributed by atoms with Crippen LogP contribution in [-0.2, 0) is 0 Å². The molecule has 1 aliphatic heterocycles. The number of hydrogen-bond acceptors (Lipinski definition) is 3. The molecule has 0 saturated carbocycles. The first-order chi connectivity index (χ1) is 5.65. The molecule has 0 spiro atoms. The molecule has 0 bridgehead atoms. The Kier molecular flexibility index (Phi) is 2.76. The van der Waals surface area contributed by atoms with E-state index in [2.05, 4.69) is 30.6 Å². The smallest absolute Gasteiger partial charge is 0.101 e. The van der Waals surface area contributed by atoms with Gasteiger partial charge >= 0.3 is 0 Å². The van der Waals surface area contributed by atoms with Gasteiger partial charge in [0.1, 0.15) is 5.82 Å². The zero-order valence-electron chi connectivity index (χ0n) is 7.94. The molecule has 0 fully saturated rings. The molecule has 0 aromatic rings. The number of hydrogen-bond donors (Lipinski definition) is 3. The molecule has 0 aliphatic carbocycles. The van der Waals surface area contributed by atoms with Crippen LogP contribution in [0.2, 0.25) is 0 Å². The van der Waals surface area contributed by atoms with Crippen molar-refractivity contribution in [1.82, 2.24) is 10.6 Å². The predicted molar refractivity (Wildman–Crippen MR) is 51.5 cm³/mol. The summed E-state index contributed by atoms with van der Waals surface area (Å²) in [5.74, 6) is 0.803. The van der Waals surface area contributed by atoms with Gasteiger partial charge in [-0.05, 0) is 26.5 Å². The topological polar surface area (TPSA) is 50.1 Å². The molecule has 0 aromatic heterocycles. The Labute approximate surface area is 73.7 Å². The molecule has 1 unspecified atom stereocenters. The van der Waals surface area contributed by atoms with Gasteiger partial charge in [-0.15, -0.1) is 0 Å². The van der Waals surface area contributed by atoms with Gasteiger partial charge in [0.15, 0.2) is 0 Å². The molecule has 12 heavy (non-hydrogen) atoms. The highest BCUT2D eigenvalue weighted by molar-refractivity contribution is 5.37. The van der Waals surface area contributed by atoms with Crippen LogP contribution < -0.4 is 16.4 Å². The summed E-state index contributed by atoms with van der Waals surface area (Å²) in [7, 11) is 1.92. The first kappa shape index (κ1) is 9.13. The van der Waals surface area contributed by atoms with Gasteiger partial charge in [-0.3, -0.25) is 0 Å². The maximum absolute atomic E-state index is 5.83. The third-order valence-electron chi connectivity index (χ3n) is 2.04. The Hall–Kier alpha value is -0.960. The van der Waals surface area contributed by atoms with Gasteiger partial charge in [-0.1, -0.05) is 6.08 Å². The van der Waals surface area contributed by atoms with Gasteiger partial charge < -0.3 is 16.4 Å². The number of nitrogens with two attached hydrogens (primary N) is 1. The molecule has 1 atom stereocenters. The molecular formula is C9H17N3. The lowest BCUT2D eigenvalue weighted by molar-refractivity contribution is 0.679. The Morgan fingerprint density at radius 1 is 1.67 bits per heavy atom. The van der Waals surface area contributed by atoms with Crippen molar-refractivity contribution in [3.8, 4) is 0 Å². The van der Waals surface area contributed by atoms with Crippen molar-refractivity contribution in [3.63, 3.8) is 0 Å². The van der Waals surface area contributed by atoms with Crippen LogP contribution in [-0.4, -0.2) is 19.6 Å². The molecule has 1 aliphatic rings. The van der Waals surface area contributed by atoms with E-state index in [4.69, 9.17) is 5.73 Å². The second-order valence-corrected chi connectivity index (χ2v) is 3.21. The molecule has 3 nitrogen and oxygen atoms in total. The lowest BCUT2D eigenvalue weighted by atomic mass is 10.0. The summed E-state index contributed by atoms with van der Waals surface area (Å²) >= 11 is 0. The molecule has 0 saturated heterocycles. The minimum atomic E-state index is 0.352. The minimum Gasteiger partial charge on any atom is -0.385 e. The summed E-state index contributed by atoms with van der Waals surface area (Å²) in [5.41, 5.74) is 8.28. The van der Waals surface area contributed by atoms with Crippen LogP contribution in [0.4, 0.5) is 0 Å². The average molecular weight is 167 g/mol. The molecule has 0 aromatic carbocycles. The van der Waals surface area contributed by atoms with Gasteiger partial charge in [-0.25, -0.2) is 0 Å². The van der Waals surface area contributed by atoms with Crippen LogP contribution in [0.3, 0.4) is 0 Å². The van der Waals surface area contributed by atoms with E-state index in [1.165, 1.54) is 11.1 Å². The first-order valence-corrected chi connectivity index (χ1v) is 4.23. The van der Waals surface area contributed by atoms with Crippen molar-refractivity contribution in [2.75, 3.05) is 13.6 Å². The van der Waals surface area contributed by atoms with Gasteiger partial charge in [0.2, 0.25) is 0 Å². The van der Waals surface area contributed by atoms with E-state index >= 15 is 0 Å². The van der Waals surface area contributed by atoms with E-state index in [9.17, 15) is 0 Å². The van der Waals surface area contributed by atoms with Gasteiger partial charge in [0.25, 0.3) is 0 Å². The SMILES string of the molecule is CNCC1=C(N)NC(C)C=C1C. The molecule has 3 heteroatoms. The number of likely N-dealkylation sites (N-methyl/N-ethyl adjacent to an activating group) is 1. The first-order valence-electron chi connectivity index (χ1n) is 4.23. The Balaban J connectivity index is 2.82. The Morgan fingerprint density at radius 2 is 2.33 bits per heavy atom. The monoisotopic (exact) mass is 167 g/mol. The third-order valence-corrected chi connectivity index (χ3v) is 2.04. The van der Waals surface area contributed by atoms with Crippen molar-refractivity contribution in [3.05, 3.63) is 23.0 Å². The van der Waals surface area contributed by atoms with Crippen LogP contribution >= 0.6 is 0 Å². The maximum atomic E-state index is 5.83. The fourth-order valence-corrected chi connectivity index (χ4v) is 1.47. The number of rotatable bonds is 2. The summed E-state index contributed by atoms with van der Waals surface area (Å²) in [6.45, 7) is 5.01. The summed E-state index contributed by atoms with van der Waals surface area (Å²) in [6, 6.07) is 0.352. The highest BCUT2D eigenvalue weighted by Crippen LogP contribution is 2.15. The van der Waals surface area contributed by atoms with Crippen molar-refractivity contribution >= 4 is 0 Å². The zero-order chi connectivity index (χ0) is 9.14. The maximum Gasteiger partial charge on any atom is 0.101 e. The largest absolute Gasteiger partial charge is 0.385 e. The number of nitrogens with one attached hydrogen (secondary N) is 2. The summed E-state index contributed by atoms with van der Waals surface area (Å²) in [4.78, 5) is 0. The molecule has 1 heterocycles. The Bertz CT molecular complexity index is 228. The van der Waals surface area contributed by atoms with Crippen LogP contribution in [0, 0.1) is 0 Å². The zero-order valence-corrected chi connectivity index (χ0v) is 7.94. The summed E-state index contributed by atoms with van der Waals surface area (Å²) in [6.07, 6.45) is 2.18. The van der Waals surface area contributed by atoms with E-state index in [0.29, 0.717) is 6.04 Å². The molecule has 0 radical (unpaired) electrons. The Morgan fingerprint density at radius 3 is 2.83 bits per heavy atom. The second kappa shape index (κ2) is 3.63. The van der Waals surface area contributed by atoms with E-state index in [1.54, 1.807) is 0 Å². The van der Waals surface area contributed by atoms with Crippen LogP contribution in [0.15, 0.2) is 23.0 Å². The van der Waals surface area contributed by atoms with Crippen molar-refractivity contribution in [2.24, 2.45) is 5.73 Å². The van der Waals surface area contributed by atoms with E-state index < -0.39 is 0 Å². The van der Waals surface area contributed by atoms with Gasteiger partial charge in [0.05, 0.1) is 0 Å². The van der Waals surface area contributed by atoms with Crippen molar-refractivity contribution in [2.45, 2.75) is 19.9 Å². The lowest BCUT2D eigenvalue weighted by Gasteiger charge is -2.23. The quantitative estimate of drug-likeness (QED) is 0.555. The molecule has 0 amide bonds. The van der Waals surface area contributed by atoms with E-state index in [0.717, 1.165) is 12.4 Å². The average Bonchev–Trinajstić information content (AvgIpc) is 1.96. The normalized spacial score (nSPS) is 23.6. The summed E-state index contributed by atoms with van der Waals surface area (Å²) in [5, 5.41) is 6.28. The molecular weight excluding hydrogens is 150 g/mol. The van der Waals surface area contributed by atoms with Crippen LogP contribution in [0.5, 0.6) is 0 Å². The fourth-order valence-electron chi connectivity index (χ4n) is 1.47. The van der Waals surface area contributed by atoms with E-state index in [-0.39, 0.29) is 0 Å². The summed E-state index contributed by atoms with van der Waals surface area (Å²) < 4.78 is 0. The predicted octanol–water partition coefficient (Wildman–Crippen LogP) is 0.314. The van der Waals surface area contributed by atoms with Crippen molar-refractivity contribution in [1.29, 1.82) is 0 Å². The second-order valence-electron chi connectivity index (χ2n) is 3.21. The van der Waals surface area contributed by atoms with Gasteiger partial charge in [0, 0.05) is 18.2 Å². The lowest BCUT2D eigenvalue weighted by Crippen LogP contribution is -2.35. The van der Waals surface area contributed by atoms with Crippen molar-refractivity contribution < 1.29 is 0 Å². The fraction of sp³-hybridized carbons (Fsp3) is 0.556. The van der Waals surface area contributed by atoms with E-state index in [1.807, 2.05) is 7.05 Å². The molecule has 1 rings (SSSR count). The van der Waals surface area contributed by atoms with Crippen LogP contribution in [0.1, 0.15) is 13.8 Å². The van der Waals surface area contributed by atoms with Gasteiger partial charge in [-0.2, -0.15) is 0 Å². The number of dihydropyridines is 1. The molecule has 4 N–H and O–H groups in total. The molecule has 68 valence electrons.